The van der Waals surface area contributed by atoms with Crippen molar-refractivity contribution < 1.29 is 0 Å². The van der Waals surface area contributed by atoms with Gasteiger partial charge in [-0.1, -0.05) is 11.6 Å². The molecule has 5 heteroatoms. The predicted molar refractivity (Wildman–Crippen MR) is 69.3 cm³/mol. The molecule has 1 aliphatic heterocycles. The van der Waals surface area contributed by atoms with Crippen LogP contribution in [0.25, 0.3) is 0 Å². The summed E-state index contributed by atoms with van der Waals surface area (Å²) >= 11 is 7.69. The van der Waals surface area contributed by atoms with Crippen molar-refractivity contribution in [1.82, 2.24) is 10.2 Å². The van der Waals surface area contributed by atoms with Gasteiger partial charge in [-0.25, -0.2) is 0 Å². The van der Waals surface area contributed by atoms with Crippen LogP contribution < -0.4 is 5.32 Å². The molecular formula is C10H16Cl2N2S. The van der Waals surface area contributed by atoms with Crippen LogP contribution >= 0.6 is 35.3 Å². The molecule has 0 radical (unpaired) electrons. The highest BCUT2D eigenvalue weighted by Crippen LogP contribution is 2.24. The summed E-state index contributed by atoms with van der Waals surface area (Å²) < 4.78 is 0.941. The molecule has 2 nitrogen and oxygen atoms in total. The standard InChI is InChI=1S/C10H15ClN2S.ClH/c1-8-6-13(4-3-12-8)7-9-2-5-14-10(9)11;/h2,5,8,12H,3-4,6-7H2,1H3;1H/t8-;/m0./s1. The minimum absolute atomic E-state index is 0. The van der Waals surface area contributed by atoms with E-state index in [1.54, 1.807) is 11.3 Å². The minimum atomic E-state index is 0. The van der Waals surface area contributed by atoms with Gasteiger partial charge >= 0.3 is 0 Å². The first-order chi connectivity index (χ1) is 6.75. The molecule has 15 heavy (non-hydrogen) atoms. The SMILES string of the molecule is C[C@H]1CN(Cc2ccsc2Cl)CCN1.Cl. The van der Waals surface area contributed by atoms with E-state index < -0.39 is 0 Å². The van der Waals surface area contributed by atoms with Gasteiger partial charge in [-0.2, -0.15) is 0 Å². The van der Waals surface area contributed by atoms with Crippen LogP contribution in [0.1, 0.15) is 12.5 Å². The topological polar surface area (TPSA) is 15.3 Å². The molecule has 1 saturated heterocycles. The Labute approximate surface area is 106 Å². The summed E-state index contributed by atoms with van der Waals surface area (Å²) in [5, 5.41) is 5.49. The van der Waals surface area contributed by atoms with Crippen molar-refractivity contribution in [1.29, 1.82) is 0 Å². The smallest absolute Gasteiger partial charge is 0.0973 e. The molecule has 0 aromatic carbocycles. The van der Waals surface area contributed by atoms with E-state index in [4.69, 9.17) is 11.6 Å². The highest BCUT2D eigenvalue weighted by atomic mass is 35.5. The van der Waals surface area contributed by atoms with Gasteiger partial charge in [0.15, 0.2) is 0 Å². The first-order valence-electron chi connectivity index (χ1n) is 4.93. The Bertz CT molecular complexity index is 303. The fourth-order valence-electron chi connectivity index (χ4n) is 1.83. The lowest BCUT2D eigenvalue weighted by atomic mass is 10.2. The summed E-state index contributed by atoms with van der Waals surface area (Å²) in [7, 11) is 0. The van der Waals surface area contributed by atoms with E-state index in [1.807, 2.05) is 0 Å². The Balaban J connectivity index is 0.00000112. The average Bonchev–Trinajstić information content (AvgIpc) is 2.52. The molecule has 1 fully saturated rings. The summed E-state index contributed by atoms with van der Waals surface area (Å²) in [4.78, 5) is 2.45. The molecule has 0 aliphatic carbocycles. The molecular weight excluding hydrogens is 251 g/mol. The largest absolute Gasteiger partial charge is 0.312 e. The zero-order valence-corrected chi connectivity index (χ0v) is 11.1. The molecule has 0 unspecified atom stereocenters. The minimum Gasteiger partial charge on any atom is -0.312 e. The lowest BCUT2D eigenvalue weighted by Crippen LogP contribution is -2.48. The van der Waals surface area contributed by atoms with Crippen molar-refractivity contribution in [3.8, 4) is 0 Å². The summed E-state index contributed by atoms with van der Waals surface area (Å²) in [6.45, 7) is 6.54. The number of rotatable bonds is 2. The number of hydrogen-bond acceptors (Lipinski definition) is 3. The van der Waals surface area contributed by atoms with E-state index in [0.29, 0.717) is 6.04 Å². The van der Waals surface area contributed by atoms with Gasteiger partial charge < -0.3 is 5.32 Å². The number of halogens is 2. The van der Waals surface area contributed by atoms with Gasteiger partial charge in [0.25, 0.3) is 0 Å². The lowest BCUT2D eigenvalue weighted by Gasteiger charge is -2.31. The van der Waals surface area contributed by atoms with Crippen molar-refractivity contribution >= 4 is 35.3 Å². The Morgan fingerprint density at radius 1 is 1.67 bits per heavy atom. The molecule has 2 heterocycles. The van der Waals surface area contributed by atoms with E-state index in [1.165, 1.54) is 5.56 Å². The molecule has 0 bridgehead atoms. The van der Waals surface area contributed by atoms with Crippen LogP contribution in [0.15, 0.2) is 11.4 Å². The lowest BCUT2D eigenvalue weighted by molar-refractivity contribution is 0.200. The van der Waals surface area contributed by atoms with Crippen molar-refractivity contribution in [2.75, 3.05) is 19.6 Å². The van der Waals surface area contributed by atoms with Crippen molar-refractivity contribution in [3.63, 3.8) is 0 Å². The van der Waals surface area contributed by atoms with Gasteiger partial charge in [0.2, 0.25) is 0 Å². The number of thiophene rings is 1. The molecule has 2 rings (SSSR count). The third-order valence-corrected chi connectivity index (χ3v) is 3.79. The van der Waals surface area contributed by atoms with E-state index in [0.717, 1.165) is 30.5 Å². The maximum Gasteiger partial charge on any atom is 0.0973 e. The molecule has 1 atom stereocenters. The third-order valence-electron chi connectivity index (χ3n) is 2.54. The second kappa shape index (κ2) is 6.06. The van der Waals surface area contributed by atoms with Gasteiger partial charge in [0.05, 0.1) is 4.34 Å². The number of hydrogen-bond donors (Lipinski definition) is 1. The quantitative estimate of drug-likeness (QED) is 0.886. The number of nitrogens with one attached hydrogen (secondary N) is 1. The first-order valence-corrected chi connectivity index (χ1v) is 6.19. The molecule has 1 aromatic heterocycles. The van der Waals surface area contributed by atoms with E-state index >= 15 is 0 Å². The van der Waals surface area contributed by atoms with Gasteiger partial charge in [-0.05, 0) is 23.9 Å². The second-order valence-electron chi connectivity index (χ2n) is 3.81. The van der Waals surface area contributed by atoms with Gasteiger partial charge in [-0.3, -0.25) is 4.90 Å². The van der Waals surface area contributed by atoms with Crippen molar-refractivity contribution in [2.45, 2.75) is 19.5 Å². The fourth-order valence-corrected chi connectivity index (χ4v) is 2.74. The van der Waals surface area contributed by atoms with Crippen LogP contribution in [0.5, 0.6) is 0 Å². The molecule has 0 saturated carbocycles. The fraction of sp³-hybridized carbons (Fsp3) is 0.600. The van der Waals surface area contributed by atoms with E-state index in [-0.39, 0.29) is 12.4 Å². The average molecular weight is 267 g/mol. The second-order valence-corrected chi connectivity index (χ2v) is 5.33. The highest BCUT2D eigenvalue weighted by Gasteiger charge is 2.16. The summed E-state index contributed by atoms with van der Waals surface area (Å²) in [6, 6.07) is 2.72. The molecule has 0 amide bonds. The molecule has 0 spiro atoms. The monoisotopic (exact) mass is 266 g/mol. The Morgan fingerprint density at radius 3 is 3.07 bits per heavy atom. The Morgan fingerprint density at radius 2 is 2.47 bits per heavy atom. The van der Waals surface area contributed by atoms with E-state index in [9.17, 15) is 0 Å². The predicted octanol–water partition coefficient (Wildman–Crippen LogP) is 2.62. The Hall–Kier alpha value is 0.200. The number of piperazine rings is 1. The van der Waals surface area contributed by atoms with Gasteiger partial charge in [0.1, 0.15) is 0 Å². The van der Waals surface area contributed by atoms with E-state index in [2.05, 4.69) is 28.6 Å². The van der Waals surface area contributed by atoms with Crippen LogP contribution in [0.2, 0.25) is 4.34 Å². The Kier molecular flexibility index (Phi) is 5.36. The molecule has 1 aromatic rings. The van der Waals surface area contributed by atoms with Crippen LogP contribution in [-0.4, -0.2) is 30.6 Å². The summed E-state index contributed by atoms with van der Waals surface area (Å²) in [5.74, 6) is 0. The molecule has 1 N–H and O–H groups in total. The zero-order valence-electron chi connectivity index (χ0n) is 8.70. The summed E-state index contributed by atoms with van der Waals surface area (Å²) in [6.07, 6.45) is 0. The first kappa shape index (κ1) is 13.3. The van der Waals surface area contributed by atoms with Crippen molar-refractivity contribution in [2.24, 2.45) is 0 Å². The highest BCUT2D eigenvalue weighted by molar-refractivity contribution is 7.14. The zero-order chi connectivity index (χ0) is 9.97. The van der Waals surface area contributed by atoms with Crippen LogP contribution in [0.3, 0.4) is 0 Å². The molecule has 1 aliphatic rings. The van der Waals surface area contributed by atoms with Crippen molar-refractivity contribution in [3.05, 3.63) is 21.3 Å². The van der Waals surface area contributed by atoms with Crippen LogP contribution in [0, 0.1) is 0 Å². The maximum absolute atomic E-state index is 6.07. The van der Waals surface area contributed by atoms with Gasteiger partial charge in [-0.15, -0.1) is 23.7 Å². The summed E-state index contributed by atoms with van der Waals surface area (Å²) in [5.41, 5.74) is 1.27. The van der Waals surface area contributed by atoms with Crippen LogP contribution in [-0.2, 0) is 6.54 Å². The van der Waals surface area contributed by atoms with Crippen LogP contribution in [0.4, 0.5) is 0 Å². The third kappa shape index (κ3) is 3.61. The maximum atomic E-state index is 6.07. The molecule has 86 valence electrons. The van der Waals surface area contributed by atoms with Gasteiger partial charge in [0, 0.05) is 32.2 Å². The normalized spacial score (nSPS) is 22.4. The number of nitrogens with zero attached hydrogens (tertiary/aromatic N) is 1.